The highest BCUT2D eigenvalue weighted by molar-refractivity contribution is 5.97. The Labute approximate surface area is 156 Å². The highest BCUT2D eigenvalue weighted by Gasteiger charge is 2.29. The number of oxazole rings is 1. The Kier molecular flexibility index (Phi) is 3.81. The van der Waals surface area contributed by atoms with Gasteiger partial charge in [0.15, 0.2) is 11.5 Å². The van der Waals surface area contributed by atoms with Gasteiger partial charge < -0.3 is 14.6 Å². The van der Waals surface area contributed by atoms with Gasteiger partial charge >= 0.3 is 0 Å². The maximum Gasteiger partial charge on any atom is 0.251 e. The van der Waals surface area contributed by atoms with Crippen LogP contribution in [0.1, 0.15) is 47.1 Å². The Morgan fingerprint density at radius 1 is 1.22 bits per heavy atom. The van der Waals surface area contributed by atoms with Gasteiger partial charge in [-0.3, -0.25) is 4.79 Å². The van der Waals surface area contributed by atoms with E-state index in [9.17, 15) is 4.79 Å². The third kappa shape index (κ3) is 3.25. The highest BCUT2D eigenvalue weighted by atomic mass is 16.3. The number of rotatable bonds is 4. The molecule has 2 fully saturated rings. The van der Waals surface area contributed by atoms with E-state index >= 15 is 0 Å². The molecule has 1 amide bonds. The van der Waals surface area contributed by atoms with Crippen molar-refractivity contribution >= 4 is 23.0 Å². The quantitative estimate of drug-likeness (QED) is 0.767. The molecule has 1 saturated carbocycles. The molecule has 7 nitrogen and oxygen atoms in total. The van der Waals surface area contributed by atoms with Crippen LogP contribution in [0.15, 0.2) is 34.9 Å². The van der Waals surface area contributed by atoms with E-state index in [1.807, 2.05) is 18.3 Å². The van der Waals surface area contributed by atoms with Crippen molar-refractivity contribution in [2.75, 3.05) is 18.0 Å². The molecule has 1 saturated heterocycles. The van der Waals surface area contributed by atoms with Crippen molar-refractivity contribution in [1.82, 2.24) is 20.3 Å². The molecule has 0 bridgehead atoms. The Balaban J connectivity index is 1.26. The zero-order chi connectivity index (χ0) is 18.4. The van der Waals surface area contributed by atoms with Crippen LogP contribution in [0.2, 0.25) is 0 Å². The van der Waals surface area contributed by atoms with E-state index in [1.165, 1.54) is 12.8 Å². The van der Waals surface area contributed by atoms with Gasteiger partial charge in [0.25, 0.3) is 5.91 Å². The fourth-order valence-corrected chi connectivity index (χ4v) is 3.63. The van der Waals surface area contributed by atoms with Crippen molar-refractivity contribution in [1.29, 1.82) is 0 Å². The van der Waals surface area contributed by atoms with Crippen molar-refractivity contribution in [2.24, 2.45) is 0 Å². The third-order valence-corrected chi connectivity index (χ3v) is 5.22. The average molecular weight is 363 g/mol. The number of anilines is 1. The van der Waals surface area contributed by atoms with Crippen molar-refractivity contribution in [3.8, 4) is 0 Å². The summed E-state index contributed by atoms with van der Waals surface area (Å²) in [5.41, 5.74) is 3.13. The number of aryl methyl sites for hydroxylation is 1. The summed E-state index contributed by atoms with van der Waals surface area (Å²) >= 11 is 0. The summed E-state index contributed by atoms with van der Waals surface area (Å²) < 4.78 is 5.52. The van der Waals surface area contributed by atoms with Crippen LogP contribution in [0.4, 0.5) is 5.95 Å². The van der Waals surface area contributed by atoms with Gasteiger partial charge in [-0.2, -0.15) is 0 Å². The third-order valence-electron chi connectivity index (χ3n) is 5.22. The number of carbonyl (C=O) groups excluding carboxylic acids is 1. The number of hydrogen-bond acceptors (Lipinski definition) is 6. The molecule has 27 heavy (non-hydrogen) atoms. The molecule has 7 heteroatoms. The lowest BCUT2D eigenvalue weighted by molar-refractivity contribution is 0.0940. The van der Waals surface area contributed by atoms with E-state index in [0.29, 0.717) is 23.0 Å². The van der Waals surface area contributed by atoms with Crippen molar-refractivity contribution in [3.63, 3.8) is 0 Å². The van der Waals surface area contributed by atoms with Gasteiger partial charge in [0, 0.05) is 49.4 Å². The second kappa shape index (κ2) is 6.33. The molecule has 1 unspecified atom stereocenters. The molecule has 0 spiro atoms. The molecule has 3 heterocycles. The lowest BCUT2D eigenvalue weighted by Gasteiger charge is -2.17. The van der Waals surface area contributed by atoms with Gasteiger partial charge in [-0.05, 0) is 43.5 Å². The molecule has 1 aliphatic heterocycles. The van der Waals surface area contributed by atoms with Crippen LogP contribution >= 0.6 is 0 Å². The van der Waals surface area contributed by atoms with Crippen LogP contribution in [-0.4, -0.2) is 40.0 Å². The summed E-state index contributed by atoms with van der Waals surface area (Å²) in [7, 11) is 0. The monoisotopic (exact) mass is 363 g/mol. The highest BCUT2D eigenvalue weighted by Crippen LogP contribution is 2.39. The number of benzene rings is 1. The molecule has 138 valence electrons. The van der Waals surface area contributed by atoms with Crippen LogP contribution in [-0.2, 0) is 0 Å². The zero-order valence-corrected chi connectivity index (χ0v) is 15.2. The Morgan fingerprint density at radius 2 is 2.11 bits per heavy atom. The molecule has 0 radical (unpaired) electrons. The number of amides is 1. The first-order chi connectivity index (χ1) is 13.2. The Morgan fingerprint density at radius 3 is 2.96 bits per heavy atom. The molecule has 1 aromatic carbocycles. The molecule has 1 aliphatic carbocycles. The number of nitrogens with one attached hydrogen (secondary N) is 1. The van der Waals surface area contributed by atoms with Gasteiger partial charge in [0.1, 0.15) is 5.52 Å². The van der Waals surface area contributed by atoms with Crippen LogP contribution in [0.25, 0.3) is 11.1 Å². The maximum atomic E-state index is 12.6. The lowest BCUT2D eigenvalue weighted by atomic mass is 10.1. The fraction of sp³-hybridized carbons (Fsp3) is 0.400. The van der Waals surface area contributed by atoms with Crippen molar-refractivity contribution in [3.05, 3.63) is 47.6 Å². The molecule has 2 aliphatic rings. The number of carbonyl (C=O) groups is 1. The van der Waals surface area contributed by atoms with E-state index in [-0.39, 0.29) is 11.9 Å². The summed E-state index contributed by atoms with van der Waals surface area (Å²) in [6.45, 7) is 3.37. The average Bonchev–Trinajstić information content (AvgIpc) is 3.31. The van der Waals surface area contributed by atoms with Crippen molar-refractivity contribution < 1.29 is 9.21 Å². The summed E-state index contributed by atoms with van der Waals surface area (Å²) in [5, 5.41) is 3.12. The van der Waals surface area contributed by atoms with E-state index in [1.54, 1.807) is 19.1 Å². The standard InChI is InChI=1S/C20H21N5O2/c1-12-22-17-5-4-14(10-18(17)27-12)19(26)23-15-7-9-25(11-15)20-21-8-6-16(24-20)13-2-3-13/h4-6,8,10,13,15H,2-3,7,9,11H2,1H3,(H,23,26). The minimum Gasteiger partial charge on any atom is -0.441 e. The normalized spacial score (nSPS) is 19.6. The van der Waals surface area contributed by atoms with E-state index in [4.69, 9.17) is 9.40 Å². The molecule has 5 rings (SSSR count). The molecular formula is C20H21N5O2. The predicted molar refractivity (Wildman–Crippen MR) is 101 cm³/mol. The minimum absolute atomic E-state index is 0.0813. The Hall–Kier alpha value is -2.96. The first-order valence-electron chi connectivity index (χ1n) is 9.42. The molecule has 2 aromatic heterocycles. The SMILES string of the molecule is Cc1nc2ccc(C(=O)NC3CCN(c4nccc(C5CC5)n4)C3)cc2o1. The number of hydrogen-bond donors (Lipinski definition) is 1. The van der Waals surface area contributed by atoms with E-state index < -0.39 is 0 Å². The summed E-state index contributed by atoms with van der Waals surface area (Å²) in [6.07, 6.45) is 5.18. The molecule has 3 aromatic rings. The Bertz CT molecular complexity index is 1010. The zero-order valence-electron chi connectivity index (χ0n) is 15.2. The van der Waals surface area contributed by atoms with Gasteiger partial charge in [-0.15, -0.1) is 0 Å². The fourth-order valence-electron chi connectivity index (χ4n) is 3.63. The van der Waals surface area contributed by atoms with Crippen LogP contribution < -0.4 is 10.2 Å². The number of aromatic nitrogens is 3. The van der Waals surface area contributed by atoms with Gasteiger partial charge in [0.2, 0.25) is 5.95 Å². The van der Waals surface area contributed by atoms with E-state index in [2.05, 4.69) is 20.2 Å². The first-order valence-corrected chi connectivity index (χ1v) is 9.42. The van der Waals surface area contributed by atoms with Crippen LogP contribution in [0.5, 0.6) is 0 Å². The minimum atomic E-state index is -0.0922. The van der Waals surface area contributed by atoms with Gasteiger partial charge in [-0.25, -0.2) is 15.0 Å². The summed E-state index contributed by atoms with van der Waals surface area (Å²) in [4.78, 5) is 28.2. The molecular weight excluding hydrogens is 342 g/mol. The smallest absolute Gasteiger partial charge is 0.251 e. The van der Waals surface area contributed by atoms with Gasteiger partial charge in [-0.1, -0.05) is 0 Å². The largest absolute Gasteiger partial charge is 0.441 e. The van der Waals surface area contributed by atoms with E-state index in [0.717, 1.165) is 36.7 Å². The van der Waals surface area contributed by atoms with Gasteiger partial charge in [0.05, 0.1) is 0 Å². The molecule has 1 N–H and O–H groups in total. The van der Waals surface area contributed by atoms with Crippen molar-refractivity contribution in [2.45, 2.75) is 38.1 Å². The second-order valence-electron chi connectivity index (χ2n) is 7.38. The van der Waals surface area contributed by atoms with Crippen LogP contribution in [0, 0.1) is 6.92 Å². The van der Waals surface area contributed by atoms with Crippen LogP contribution in [0.3, 0.4) is 0 Å². The summed E-state index contributed by atoms with van der Waals surface area (Å²) in [5.74, 6) is 1.89. The number of nitrogens with zero attached hydrogens (tertiary/aromatic N) is 4. The topological polar surface area (TPSA) is 84.2 Å². The second-order valence-corrected chi connectivity index (χ2v) is 7.38. The molecule has 1 atom stereocenters. The number of fused-ring (bicyclic) bond motifs is 1. The lowest BCUT2D eigenvalue weighted by Crippen LogP contribution is -2.37. The summed E-state index contributed by atoms with van der Waals surface area (Å²) in [6, 6.07) is 7.45. The first kappa shape index (κ1) is 16.2. The predicted octanol–water partition coefficient (Wildman–Crippen LogP) is 2.81. The maximum absolute atomic E-state index is 12.6.